The summed E-state index contributed by atoms with van der Waals surface area (Å²) >= 11 is 0. The molecule has 0 bridgehead atoms. The third-order valence-corrected chi connectivity index (χ3v) is 3.64. The summed E-state index contributed by atoms with van der Waals surface area (Å²) in [4.78, 5) is 4.54. The summed E-state index contributed by atoms with van der Waals surface area (Å²) < 4.78 is 0. The Hall–Kier alpha value is -1.41. The van der Waals surface area contributed by atoms with Gasteiger partial charge in [0.15, 0.2) is 0 Å². The maximum absolute atomic E-state index is 6.48. The molecule has 2 heteroatoms. The minimum absolute atomic E-state index is 0.194. The fraction of sp³-hybridized carbons (Fsp3) is 0.357. The summed E-state index contributed by atoms with van der Waals surface area (Å²) in [6.45, 7) is 0. The first kappa shape index (κ1) is 9.79. The molecule has 3 rings (SSSR count). The van der Waals surface area contributed by atoms with Gasteiger partial charge < -0.3 is 5.73 Å². The van der Waals surface area contributed by atoms with Crippen LogP contribution < -0.4 is 5.73 Å². The van der Waals surface area contributed by atoms with Crippen LogP contribution >= 0.6 is 0 Å². The van der Waals surface area contributed by atoms with Crippen molar-refractivity contribution < 1.29 is 0 Å². The first-order valence-electron chi connectivity index (χ1n) is 5.93. The standard InChI is InChI=1S/C14H16N2/c15-14(8-3-4-9-14)13-12-6-2-1-5-11(12)7-10-16-13/h1-2,5-7,10H,3-4,8-9,15H2. The number of benzene rings is 1. The Balaban J connectivity index is 2.23. The Morgan fingerprint density at radius 3 is 2.62 bits per heavy atom. The van der Waals surface area contributed by atoms with Crippen LogP contribution in [0.4, 0.5) is 0 Å². The Bertz CT molecular complexity index is 508. The van der Waals surface area contributed by atoms with Crippen LogP contribution in [0.2, 0.25) is 0 Å². The molecule has 2 aromatic rings. The van der Waals surface area contributed by atoms with E-state index in [-0.39, 0.29) is 5.54 Å². The van der Waals surface area contributed by atoms with Crippen LogP contribution in [-0.2, 0) is 5.54 Å². The highest BCUT2D eigenvalue weighted by Crippen LogP contribution is 2.37. The van der Waals surface area contributed by atoms with E-state index in [2.05, 4.69) is 35.3 Å². The predicted molar refractivity (Wildman–Crippen MR) is 66.1 cm³/mol. The Kier molecular flexibility index (Phi) is 2.18. The second-order valence-corrected chi connectivity index (χ2v) is 4.74. The lowest BCUT2D eigenvalue weighted by atomic mass is 9.90. The van der Waals surface area contributed by atoms with Gasteiger partial charge in [0.25, 0.3) is 0 Å². The van der Waals surface area contributed by atoms with Crippen molar-refractivity contribution in [3.8, 4) is 0 Å². The summed E-state index contributed by atoms with van der Waals surface area (Å²) in [6, 6.07) is 10.4. The van der Waals surface area contributed by atoms with Crippen molar-refractivity contribution in [2.75, 3.05) is 0 Å². The number of nitrogens with two attached hydrogens (primary N) is 1. The van der Waals surface area contributed by atoms with E-state index in [0.717, 1.165) is 18.5 Å². The highest BCUT2D eigenvalue weighted by molar-refractivity contribution is 5.85. The molecule has 82 valence electrons. The van der Waals surface area contributed by atoms with Crippen molar-refractivity contribution in [1.29, 1.82) is 0 Å². The number of fused-ring (bicyclic) bond motifs is 1. The SMILES string of the molecule is NC1(c2nccc3ccccc23)CCCC1. The summed E-state index contributed by atoms with van der Waals surface area (Å²) in [5, 5.41) is 2.46. The molecule has 0 atom stereocenters. The maximum atomic E-state index is 6.48. The van der Waals surface area contributed by atoms with E-state index in [4.69, 9.17) is 5.73 Å². The fourth-order valence-corrected chi connectivity index (χ4v) is 2.76. The lowest BCUT2D eigenvalue weighted by molar-refractivity contribution is 0.452. The van der Waals surface area contributed by atoms with Gasteiger partial charge in [-0.05, 0) is 24.3 Å². The van der Waals surface area contributed by atoms with Crippen LogP contribution in [-0.4, -0.2) is 4.98 Å². The molecular formula is C14H16N2. The van der Waals surface area contributed by atoms with Gasteiger partial charge in [0.1, 0.15) is 0 Å². The van der Waals surface area contributed by atoms with Gasteiger partial charge >= 0.3 is 0 Å². The highest BCUT2D eigenvalue weighted by atomic mass is 14.8. The number of hydrogen-bond donors (Lipinski definition) is 1. The molecule has 1 aromatic carbocycles. The van der Waals surface area contributed by atoms with Crippen molar-refractivity contribution in [2.24, 2.45) is 5.73 Å². The zero-order chi connectivity index (χ0) is 11.0. The van der Waals surface area contributed by atoms with E-state index in [1.165, 1.54) is 23.6 Å². The zero-order valence-electron chi connectivity index (χ0n) is 9.32. The predicted octanol–water partition coefficient (Wildman–Crippen LogP) is 2.96. The van der Waals surface area contributed by atoms with Gasteiger partial charge in [-0.15, -0.1) is 0 Å². The van der Waals surface area contributed by atoms with Crippen LogP contribution in [0, 0.1) is 0 Å². The average molecular weight is 212 g/mol. The molecule has 1 aliphatic rings. The van der Waals surface area contributed by atoms with Crippen molar-refractivity contribution in [1.82, 2.24) is 4.98 Å². The molecule has 1 fully saturated rings. The van der Waals surface area contributed by atoms with Crippen molar-refractivity contribution >= 4 is 10.8 Å². The van der Waals surface area contributed by atoms with Gasteiger partial charge in [-0.2, -0.15) is 0 Å². The molecule has 0 radical (unpaired) electrons. The molecule has 16 heavy (non-hydrogen) atoms. The molecule has 1 heterocycles. The van der Waals surface area contributed by atoms with Crippen LogP contribution in [0.25, 0.3) is 10.8 Å². The maximum Gasteiger partial charge on any atom is 0.0680 e. The molecule has 1 aliphatic carbocycles. The molecule has 0 spiro atoms. The van der Waals surface area contributed by atoms with Crippen molar-refractivity contribution in [3.05, 3.63) is 42.2 Å². The lowest BCUT2D eigenvalue weighted by Gasteiger charge is -2.24. The van der Waals surface area contributed by atoms with E-state index >= 15 is 0 Å². The van der Waals surface area contributed by atoms with E-state index < -0.39 is 0 Å². The number of rotatable bonds is 1. The van der Waals surface area contributed by atoms with Gasteiger partial charge in [-0.1, -0.05) is 37.1 Å². The van der Waals surface area contributed by atoms with Gasteiger partial charge in [-0.25, -0.2) is 0 Å². The van der Waals surface area contributed by atoms with Gasteiger partial charge in [0.2, 0.25) is 0 Å². The molecule has 2 nitrogen and oxygen atoms in total. The summed E-state index contributed by atoms with van der Waals surface area (Å²) in [6.07, 6.45) is 6.45. The summed E-state index contributed by atoms with van der Waals surface area (Å²) in [5.74, 6) is 0. The molecule has 1 aromatic heterocycles. The van der Waals surface area contributed by atoms with Gasteiger partial charge in [0, 0.05) is 11.6 Å². The number of nitrogens with zero attached hydrogens (tertiary/aromatic N) is 1. The molecule has 0 unspecified atom stereocenters. The zero-order valence-corrected chi connectivity index (χ0v) is 9.32. The Morgan fingerprint density at radius 1 is 1.06 bits per heavy atom. The van der Waals surface area contributed by atoms with Crippen LogP contribution in [0.5, 0.6) is 0 Å². The molecule has 0 amide bonds. The number of hydrogen-bond acceptors (Lipinski definition) is 2. The fourth-order valence-electron chi connectivity index (χ4n) is 2.76. The summed E-state index contributed by atoms with van der Waals surface area (Å²) in [5.41, 5.74) is 7.38. The minimum atomic E-state index is -0.194. The minimum Gasteiger partial charge on any atom is -0.320 e. The molecule has 0 aliphatic heterocycles. The van der Waals surface area contributed by atoms with Crippen LogP contribution in [0.3, 0.4) is 0 Å². The van der Waals surface area contributed by atoms with E-state index in [9.17, 15) is 0 Å². The van der Waals surface area contributed by atoms with E-state index in [1.54, 1.807) is 0 Å². The van der Waals surface area contributed by atoms with E-state index in [1.807, 2.05) is 6.20 Å². The van der Waals surface area contributed by atoms with Crippen LogP contribution in [0.15, 0.2) is 36.5 Å². The largest absolute Gasteiger partial charge is 0.320 e. The van der Waals surface area contributed by atoms with Crippen molar-refractivity contribution in [2.45, 2.75) is 31.2 Å². The third-order valence-electron chi connectivity index (χ3n) is 3.64. The first-order valence-corrected chi connectivity index (χ1v) is 5.93. The van der Waals surface area contributed by atoms with E-state index in [0.29, 0.717) is 0 Å². The van der Waals surface area contributed by atoms with Gasteiger partial charge in [-0.3, -0.25) is 4.98 Å². The second kappa shape index (κ2) is 3.56. The molecule has 2 N–H and O–H groups in total. The quantitative estimate of drug-likeness (QED) is 0.789. The lowest BCUT2D eigenvalue weighted by Crippen LogP contribution is -2.34. The normalized spacial score (nSPS) is 19.1. The van der Waals surface area contributed by atoms with Crippen molar-refractivity contribution in [3.63, 3.8) is 0 Å². The van der Waals surface area contributed by atoms with Crippen LogP contribution in [0.1, 0.15) is 31.4 Å². The molecule has 1 saturated carbocycles. The number of pyridine rings is 1. The Morgan fingerprint density at radius 2 is 1.81 bits per heavy atom. The smallest absolute Gasteiger partial charge is 0.0680 e. The molecule has 0 saturated heterocycles. The Labute approximate surface area is 95.5 Å². The average Bonchev–Trinajstić information content (AvgIpc) is 2.77. The third kappa shape index (κ3) is 1.41. The second-order valence-electron chi connectivity index (χ2n) is 4.74. The van der Waals surface area contributed by atoms with Gasteiger partial charge in [0.05, 0.1) is 11.2 Å². The highest BCUT2D eigenvalue weighted by Gasteiger charge is 2.33. The number of aromatic nitrogens is 1. The molecular weight excluding hydrogens is 196 g/mol. The first-order chi connectivity index (χ1) is 7.80. The monoisotopic (exact) mass is 212 g/mol. The topological polar surface area (TPSA) is 38.9 Å². The summed E-state index contributed by atoms with van der Waals surface area (Å²) in [7, 11) is 0.